The molecule has 0 spiro atoms. The van der Waals surface area contributed by atoms with Crippen LogP contribution in [0.5, 0.6) is 5.75 Å². The number of rotatable bonds is 7. The molecule has 0 aliphatic rings. The van der Waals surface area contributed by atoms with Crippen molar-refractivity contribution in [3.8, 4) is 5.75 Å². The second kappa shape index (κ2) is 8.88. The Morgan fingerprint density at radius 1 is 0.935 bits per heavy atom. The van der Waals surface area contributed by atoms with Gasteiger partial charge in [-0.25, -0.2) is 9.78 Å². The van der Waals surface area contributed by atoms with Crippen LogP contribution in [0.3, 0.4) is 0 Å². The number of para-hydroxylation sites is 1. The van der Waals surface area contributed by atoms with Gasteiger partial charge in [0.25, 0.3) is 0 Å². The SMILES string of the molecule is Cc1c(C(=O)O)nc2c(N(C)Cc3ccccc3)cccc2c1OCc1ccccc1. The number of aromatic carboxylic acids is 1. The van der Waals surface area contributed by atoms with Gasteiger partial charge in [-0.05, 0) is 30.2 Å². The van der Waals surface area contributed by atoms with Crippen LogP contribution in [0.15, 0.2) is 78.9 Å². The highest BCUT2D eigenvalue weighted by Gasteiger charge is 2.20. The molecule has 5 nitrogen and oxygen atoms in total. The van der Waals surface area contributed by atoms with Gasteiger partial charge < -0.3 is 14.7 Å². The highest BCUT2D eigenvalue weighted by molar-refractivity contribution is 6.00. The van der Waals surface area contributed by atoms with Crippen molar-refractivity contribution in [2.24, 2.45) is 0 Å². The fraction of sp³-hybridized carbons (Fsp3) is 0.154. The van der Waals surface area contributed by atoms with Crippen molar-refractivity contribution in [1.82, 2.24) is 4.98 Å². The number of pyridine rings is 1. The molecule has 1 aromatic heterocycles. The quantitative estimate of drug-likeness (QED) is 0.437. The summed E-state index contributed by atoms with van der Waals surface area (Å²) in [6.45, 7) is 2.78. The molecule has 0 unspecified atom stereocenters. The highest BCUT2D eigenvalue weighted by atomic mass is 16.5. The van der Waals surface area contributed by atoms with Crippen LogP contribution in [0, 0.1) is 6.92 Å². The minimum atomic E-state index is -1.07. The zero-order chi connectivity index (χ0) is 21.8. The number of hydrogen-bond acceptors (Lipinski definition) is 4. The molecule has 0 bridgehead atoms. The van der Waals surface area contributed by atoms with Crippen LogP contribution in [-0.4, -0.2) is 23.1 Å². The zero-order valence-corrected chi connectivity index (χ0v) is 17.6. The third kappa shape index (κ3) is 4.36. The fourth-order valence-electron chi connectivity index (χ4n) is 3.71. The van der Waals surface area contributed by atoms with Gasteiger partial charge >= 0.3 is 5.97 Å². The van der Waals surface area contributed by atoms with Crippen molar-refractivity contribution >= 4 is 22.6 Å². The third-order valence-electron chi connectivity index (χ3n) is 5.28. The maximum absolute atomic E-state index is 11.9. The molecule has 4 rings (SSSR count). The number of carboxylic acids is 1. The summed E-state index contributed by atoms with van der Waals surface area (Å²) in [4.78, 5) is 18.5. The molecule has 0 aliphatic heterocycles. The van der Waals surface area contributed by atoms with Gasteiger partial charge in [-0.1, -0.05) is 66.7 Å². The summed E-state index contributed by atoms with van der Waals surface area (Å²) in [5.74, 6) is -0.509. The lowest BCUT2D eigenvalue weighted by Gasteiger charge is -2.22. The first-order valence-corrected chi connectivity index (χ1v) is 10.1. The first-order chi connectivity index (χ1) is 15.0. The van der Waals surface area contributed by atoms with Gasteiger partial charge in [-0.3, -0.25) is 0 Å². The van der Waals surface area contributed by atoms with Crippen LogP contribution < -0.4 is 9.64 Å². The normalized spacial score (nSPS) is 10.8. The van der Waals surface area contributed by atoms with E-state index in [4.69, 9.17) is 4.74 Å². The summed E-state index contributed by atoms with van der Waals surface area (Å²) in [5.41, 5.74) is 4.18. The van der Waals surface area contributed by atoms with Crippen molar-refractivity contribution in [2.75, 3.05) is 11.9 Å². The average molecular weight is 412 g/mol. The number of benzene rings is 3. The monoisotopic (exact) mass is 412 g/mol. The third-order valence-corrected chi connectivity index (χ3v) is 5.28. The molecule has 1 N–H and O–H groups in total. The number of aromatic nitrogens is 1. The molecule has 0 radical (unpaired) electrons. The molecule has 31 heavy (non-hydrogen) atoms. The number of fused-ring (bicyclic) bond motifs is 1. The topological polar surface area (TPSA) is 62.7 Å². The Morgan fingerprint density at radius 2 is 1.58 bits per heavy atom. The van der Waals surface area contributed by atoms with E-state index < -0.39 is 5.97 Å². The lowest BCUT2D eigenvalue weighted by Crippen LogP contribution is -2.17. The van der Waals surface area contributed by atoms with Crippen molar-refractivity contribution in [3.63, 3.8) is 0 Å². The van der Waals surface area contributed by atoms with Crippen LogP contribution in [-0.2, 0) is 13.2 Å². The van der Waals surface area contributed by atoms with Crippen LogP contribution in [0.25, 0.3) is 10.9 Å². The predicted octanol–water partition coefficient (Wildman–Crippen LogP) is 5.46. The molecule has 0 saturated carbocycles. The minimum absolute atomic E-state index is 0.0103. The number of ether oxygens (including phenoxy) is 1. The molecule has 0 saturated heterocycles. The van der Waals surface area contributed by atoms with Crippen LogP contribution >= 0.6 is 0 Å². The number of carboxylic acid groups (broad SMARTS) is 1. The number of hydrogen-bond donors (Lipinski definition) is 1. The first kappa shape index (κ1) is 20.4. The number of anilines is 1. The van der Waals surface area contributed by atoms with E-state index in [2.05, 4.69) is 22.0 Å². The van der Waals surface area contributed by atoms with Crippen LogP contribution in [0.1, 0.15) is 27.2 Å². The molecule has 0 atom stereocenters. The van der Waals surface area contributed by atoms with E-state index in [0.29, 0.717) is 30.0 Å². The van der Waals surface area contributed by atoms with Gasteiger partial charge in [-0.2, -0.15) is 0 Å². The molecule has 3 aromatic carbocycles. The molecule has 156 valence electrons. The maximum atomic E-state index is 11.9. The molecule has 0 fully saturated rings. The summed E-state index contributed by atoms with van der Waals surface area (Å²) in [5, 5.41) is 10.6. The van der Waals surface area contributed by atoms with E-state index in [-0.39, 0.29) is 5.69 Å². The molecule has 0 amide bonds. The van der Waals surface area contributed by atoms with Gasteiger partial charge in [0.05, 0.1) is 11.2 Å². The summed E-state index contributed by atoms with van der Waals surface area (Å²) in [6, 6.07) is 25.8. The van der Waals surface area contributed by atoms with Gasteiger partial charge in [0.2, 0.25) is 0 Å². The van der Waals surface area contributed by atoms with Crippen molar-refractivity contribution in [2.45, 2.75) is 20.1 Å². The molecular weight excluding hydrogens is 388 g/mol. The summed E-state index contributed by atoms with van der Waals surface area (Å²) in [7, 11) is 1.98. The zero-order valence-electron chi connectivity index (χ0n) is 17.6. The number of nitrogens with zero attached hydrogens (tertiary/aromatic N) is 2. The summed E-state index contributed by atoms with van der Waals surface area (Å²) < 4.78 is 6.16. The molecule has 5 heteroatoms. The fourth-order valence-corrected chi connectivity index (χ4v) is 3.71. The maximum Gasteiger partial charge on any atom is 0.354 e. The lowest BCUT2D eigenvalue weighted by atomic mass is 10.1. The first-order valence-electron chi connectivity index (χ1n) is 10.1. The van der Waals surface area contributed by atoms with Crippen molar-refractivity contribution in [1.29, 1.82) is 0 Å². The second-order valence-corrected chi connectivity index (χ2v) is 7.51. The minimum Gasteiger partial charge on any atom is -0.488 e. The standard InChI is InChI=1S/C26H24N2O3/c1-18-23(26(29)30)27-24-21(25(18)31-17-20-12-7-4-8-13-20)14-9-15-22(24)28(2)16-19-10-5-3-6-11-19/h3-15H,16-17H2,1-2H3,(H,29,30). The van der Waals surface area contributed by atoms with E-state index in [1.54, 1.807) is 6.92 Å². The Balaban J connectivity index is 1.78. The van der Waals surface area contributed by atoms with E-state index in [1.165, 1.54) is 0 Å². The van der Waals surface area contributed by atoms with E-state index in [9.17, 15) is 9.90 Å². The average Bonchev–Trinajstić information content (AvgIpc) is 2.79. The Labute approximate surface area is 181 Å². The second-order valence-electron chi connectivity index (χ2n) is 7.51. The smallest absolute Gasteiger partial charge is 0.354 e. The Bertz CT molecular complexity index is 1210. The summed E-state index contributed by atoms with van der Waals surface area (Å²) in [6.07, 6.45) is 0. The largest absolute Gasteiger partial charge is 0.488 e. The highest BCUT2D eigenvalue weighted by Crippen LogP contribution is 2.36. The predicted molar refractivity (Wildman–Crippen MR) is 123 cm³/mol. The lowest BCUT2D eigenvalue weighted by molar-refractivity contribution is 0.0689. The summed E-state index contributed by atoms with van der Waals surface area (Å²) >= 11 is 0. The Hall–Kier alpha value is -3.86. The van der Waals surface area contributed by atoms with Gasteiger partial charge in [0.1, 0.15) is 12.4 Å². The van der Waals surface area contributed by atoms with E-state index in [1.807, 2.05) is 73.8 Å². The van der Waals surface area contributed by atoms with Crippen molar-refractivity contribution in [3.05, 3.63) is 101 Å². The molecule has 1 heterocycles. The number of carbonyl (C=O) groups is 1. The van der Waals surface area contributed by atoms with Crippen molar-refractivity contribution < 1.29 is 14.6 Å². The van der Waals surface area contributed by atoms with Gasteiger partial charge in [0, 0.05) is 24.5 Å². The van der Waals surface area contributed by atoms with Gasteiger partial charge in [0.15, 0.2) is 5.69 Å². The Kier molecular flexibility index (Phi) is 5.85. The molecule has 4 aromatic rings. The Morgan fingerprint density at radius 3 is 2.23 bits per heavy atom. The van der Waals surface area contributed by atoms with Crippen LogP contribution in [0.2, 0.25) is 0 Å². The van der Waals surface area contributed by atoms with E-state index >= 15 is 0 Å². The van der Waals surface area contributed by atoms with Crippen LogP contribution in [0.4, 0.5) is 5.69 Å². The molecular formula is C26H24N2O3. The molecule has 0 aliphatic carbocycles. The van der Waals surface area contributed by atoms with Gasteiger partial charge in [-0.15, -0.1) is 0 Å². The van der Waals surface area contributed by atoms with E-state index in [0.717, 1.165) is 22.2 Å².